The van der Waals surface area contributed by atoms with Gasteiger partial charge in [0.15, 0.2) is 0 Å². The van der Waals surface area contributed by atoms with E-state index < -0.39 is 29.5 Å². The maximum absolute atomic E-state index is 13.1. The van der Waals surface area contributed by atoms with Gasteiger partial charge in [-0.3, -0.25) is 9.59 Å². The molecule has 0 saturated heterocycles. The topological polar surface area (TPSA) is 68.3 Å². The number of carbonyl (C=O) groups is 1. The van der Waals surface area contributed by atoms with Crippen molar-refractivity contribution in [2.24, 2.45) is 5.73 Å². The number of carbonyl (C=O) groups excluding carboxylic acids is 1. The molecule has 0 aliphatic heterocycles. The first-order valence-electron chi connectivity index (χ1n) is 8.25. The monoisotopic (exact) mass is 345 g/mol. The third kappa shape index (κ3) is 6.39. The number of pyridine rings is 1. The van der Waals surface area contributed by atoms with Gasteiger partial charge in [-0.15, -0.1) is 0 Å². The second-order valence-corrected chi connectivity index (χ2v) is 5.58. The van der Waals surface area contributed by atoms with Gasteiger partial charge in [0.1, 0.15) is 6.04 Å². The molecule has 0 saturated carbocycles. The molecular weight excluding hydrogens is 316 g/mol. The van der Waals surface area contributed by atoms with E-state index in [0.29, 0.717) is 31.4 Å². The number of rotatable bonds is 8. The summed E-state index contributed by atoms with van der Waals surface area (Å²) in [4.78, 5) is 25.7. The van der Waals surface area contributed by atoms with E-state index in [1.807, 2.05) is 39.8 Å². The van der Waals surface area contributed by atoms with Crippen LogP contribution >= 0.6 is 0 Å². The molecule has 0 spiro atoms. The highest BCUT2D eigenvalue weighted by molar-refractivity contribution is 5.78. The molecule has 1 unspecified atom stereocenters. The van der Waals surface area contributed by atoms with E-state index >= 15 is 0 Å². The van der Waals surface area contributed by atoms with E-state index in [0.717, 1.165) is 4.57 Å². The largest absolute Gasteiger partial charge is 0.368 e. The maximum Gasteiger partial charge on any atom is 0.269 e. The van der Waals surface area contributed by atoms with Gasteiger partial charge in [0.2, 0.25) is 5.91 Å². The Hall–Kier alpha value is -1.76. The summed E-state index contributed by atoms with van der Waals surface area (Å²) in [6.45, 7) is 6.49. The Labute approximate surface area is 142 Å². The van der Waals surface area contributed by atoms with Crippen LogP contribution in [0.15, 0.2) is 17.1 Å². The Kier molecular flexibility index (Phi) is 10.1. The lowest BCUT2D eigenvalue weighted by atomic mass is 10.1. The van der Waals surface area contributed by atoms with Crippen molar-refractivity contribution in [3.05, 3.63) is 33.7 Å². The smallest absolute Gasteiger partial charge is 0.269 e. The third-order valence-electron chi connectivity index (χ3n) is 3.44. The lowest BCUT2D eigenvalue weighted by Gasteiger charge is -2.19. The number of alkyl halides is 2. The summed E-state index contributed by atoms with van der Waals surface area (Å²) >= 11 is 0. The zero-order valence-corrected chi connectivity index (χ0v) is 15.2. The molecule has 2 N–H and O–H groups in total. The minimum Gasteiger partial charge on any atom is -0.368 e. The Bertz CT molecular complexity index is 571. The van der Waals surface area contributed by atoms with E-state index in [1.54, 1.807) is 0 Å². The first kappa shape index (κ1) is 22.2. The fraction of sp³-hybridized carbons (Fsp3) is 0.647. The number of primary amides is 1. The molecule has 1 amide bonds. The molecule has 0 radical (unpaired) electrons. The number of nitrogens with zero attached hydrogens (tertiary/aromatic N) is 2. The number of nitrogens with two attached hydrogens (primary N) is 1. The zero-order valence-electron chi connectivity index (χ0n) is 15.2. The summed E-state index contributed by atoms with van der Waals surface area (Å²) in [6.07, 6.45) is 0.0576. The van der Waals surface area contributed by atoms with Crippen LogP contribution in [-0.4, -0.2) is 36.0 Å². The van der Waals surface area contributed by atoms with Crippen molar-refractivity contribution in [2.45, 2.75) is 52.5 Å². The quantitative estimate of drug-likeness (QED) is 0.788. The fourth-order valence-corrected chi connectivity index (χ4v) is 2.25. The van der Waals surface area contributed by atoms with Gasteiger partial charge >= 0.3 is 0 Å². The summed E-state index contributed by atoms with van der Waals surface area (Å²) in [5, 5.41) is 0. The molecule has 138 valence electrons. The van der Waals surface area contributed by atoms with Gasteiger partial charge in [0, 0.05) is 12.7 Å². The van der Waals surface area contributed by atoms with Crippen molar-refractivity contribution < 1.29 is 13.6 Å². The predicted octanol–water partition coefficient (Wildman–Crippen LogP) is 2.74. The van der Waals surface area contributed by atoms with E-state index in [4.69, 9.17) is 5.73 Å². The second-order valence-electron chi connectivity index (χ2n) is 5.58. The van der Waals surface area contributed by atoms with Crippen LogP contribution in [-0.2, 0) is 11.2 Å². The Balaban J connectivity index is 0.00000254. The highest BCUT2D eigenvalue weighted by Gasteiger charge is 2.23. The van der Waals surface area contributed by atoms with Gasteiger partial charge in [0.25, 0.3) is 12.0 Å². The SMILES string of the molecule is CC.CCCC(C(N)=O)n1cc(CCN(C)C)cc(C(F)F)c1=O. The average Bonchev–Trinajstić information content (AvgIpc) is 2.53. The van der Waals surface area contributed by atoms with E-state index in [2.05, 4.69) is 0 Å². The van der Waals surface area contributed by atoms with Gasteiger partial charge in [-0.1, -0.05) is 27.2 Å². The summed E-state index contributed by atoms with van der Waals surface area (Å²) in [5.74, 6) is -0.686. The first-order chi connectivity index (χ1) is 11.3. The molecule has 1 rings (SSSR count). The van der Waals surface area contributed by atoms with Gasteiger partial charge < -0.3 is 15.2 Å². The summed E-state index contributed by atoms with van der Waals surface area (Å²) in [6, 6.07) is 0.325. The van der Waals surface area contributed by atoms with Crippen molar-refractivity contribution in [1.82, 2.24) is 9.47 Å². The third-order valence-corrected chi connectivity index (χ3v) is 3.44. The van der Waals surface area contributed by atoms with Crippen molar-refractivity contribution in [3.63, 3.8) is 0 Å². The van der Waals surface area contributed by atoms with Crippen molar-refractivity contribution in [3.8, 4) is 0 Å². The van der Waals surface area contributed by atoms with E-state index in [9.17, 15) is 18.4 Å². The highest BCUT2D eigenvalue weighted by atomic mass is 19.3. The van der Waals surface area contributed by atoms with Gasteiger partial charge in [-0.2, -0.15) is 0 Å². The van der Waals surface area contributed by atoms with Crippen LogP contribution in [0.3, 0.4) is 0 Å². The lowest BCUT2D eigenvalue weighted by molar-refractivity contribution is -0.121. The number of hydrogen-bond donors (Lipinski definition) is 1. The molecule has 0 fully saturated rings. The second kappa shape index (κ2) is 10.9. The molecule has 0 aromatic carbocycles. The summed E-state index contributed by atoms with van der Waals surface area (Å²) < 4.78 is 27.3. The van der Waals surface area contributed by atoms with Crippen LogP contribution in [0.5, 0.6) is 0 Å². The molecule has 1 aromatic heterocycles. The van der Waals surface area contributed by atoms with Crippen LogP contribution in [0.4, 0.5) is 8.78 Å². The summed E-state index contributed by atoms with van der Waals surface area (Å²) in [5.41, 5.74) is 4.49. The molecule has 0 bridgehead atoms. The van der Waals surface area contributed by atoms with Crippen molar-refractivity contribution in [1.29, 1.82) is 0 Å². The Morgan fingerprint density at radius 3 is 2.33 bits per heavy atom. The Morgan fingerprint density at radius 2 is 1.92 bits per heavy atom. The fourth-order valence-electron chi connectivity index (χ4n) is 2.25. The zero-order chi connectivity index (χ0) is 18.9. The van der Waals surface area contributed by atoms with Crippen LogP contribution < -0.4 is 11.3 Å². The molecule has 1 aromatic rings. The van der Waals surface area contributed by atoms with Crippen LogP contribution in [0.1, 0.15) is 57.2 Å². The lowest BCUT2D eigenvalue weighted by Crippen LogP contribution is -2.35. The molecule has 1 atom stereocenters. The van der Waals surface area contributed by atoms with Crippen molar-refractivity contribution in [2.75, 3.05) is 20.6 Å². The van der Waals surface area contributed by atoms with Crippen LogP contribution in [0, 0.1) is 0 Å². The number of aromatic nitrogens is 1. The maximum atomic E-state index is 13.1. The molecule has 5 nitrogen and oxygen atoms in total. The van der Waals surface area contributed by atoms with Crippen LogP contribution in [0.2, 0.25) is 0 Å². The van der Waals surface area contributed by atoms with Gasteiger partial charge in [-0.25, -0.2) is 8.78 Å². The molecular formula is C17H29F2N3O2. The summed E-state index contributed by atoms with van der Waals surface area (Å²) in [7, 11) is 3.74. The van der Waals surface area contributed by atoms with E-state index in [-0.39, 0.29) is 0 Å². The molecule has 0 aliphatic carbocycles. The van der Waals surface area contributed by atoms with E-state index in [1.165, 1.54) is 12.3 Å². The predicted molar refractivity (Wildman–Crippen MR) is 92.4 cm³/mol. The number of likely N-dealkylation sites (N-methyl/N-ethyl adjacent to an activating group) is 1. The first-order valence-corrected chi connectivity index (χ1v) is 8.25. The number of amides is 1. The molecule has 7 heteroatoms. The molecule has 24 heavy (non-hydrogen) atoms. The van der Waals surface area contributed by atoms with Crippen molar-refractivity contribution >= 4 is 5.91 Å². The normalized spacial score (nSPS) is 12.0. The minimum atomic E-state index is -2.88. The van der Waals surface area contributed by atoms with Crippen LogP contribution in [0.25, 0.3) is 0 Å². The Morgan fingerprint density at radius 1 is 1.33 bits per heavy atom. The number of halogens is 2. The minimum absolute atomic E-state index is 0.342. The molecule has 0 aliphatic rings. The number of hydrogen-bond acceptors (Lipinski definition) is 3. The molecule has 1 heterocycles. The average molecular weight is 345 g/mol. The van der Waals surface area contributed by atoms with Gasteiger partial charge in [0.05, 0.1) is 5.56 Å². The standard InChI is InChI=1S/C15H23F2N3O2.C2H6/c1-4-5-12(14(18)21)20-9-10(6-7-19(2)3)8-11(13(16)17)15(20)22;1-2/h8-9,12-13H,4-7H2,1-3H3,(H2,18,21);1-2H3. The highest BCUT2D eigenvalue weighted by Crippen LogP contribution is 2.19. The van der Waals surface area contributed by atoms with Gasteiger partial charge in [-0.05, 0) is 38.6 Å².